The lowest BCUT2D eigenvalue weighted by Gasteiger charge is -2.29. The van der Waals surface area contributed by atoms with Crippen molar-refractivity contribution < 1.29 is 82.8 Å². The minimum absolute atomic E-state index is 0.00968. The van der Waals surface area contributed by atoms with Gasteiger partial charge in [0.1, 0.15) is 60.1 Å². The van der Waals surface area contributed by atoms with Crippen molar-refractivity contribution in [2.45, 2.75) is 179 Å². The van der Waals surface area contributed by atoms with Crippen LogP contribution in [-0.2, 0) is 68.7 Å². The predicted octanol–water partition coefficient (Wildman–Crippen LogP) is -3.86. The van der Waals surface area contributed by atoms with Gasteiger partial charge in [-0.3, -0.25) is 62.5 Å². The number of guanidine groups is 1. The molecule has 10 amide bonds. The van der Waals surface area contributed by atoms with E-state index >= 15 is 0 Å². The molecule has 21 N–H and O–H groups in total. The number of carbonyl (C=O) groups is 13. The molecule has 0 aromatic heterocycles. The number of aliphatic imine (C=N–C) groups is 1. The minimum Gasteiger partial charge on any atom is -0.508 e. The first-order valence-corrected chi connectivity index (χ1v) is 30.0. The normalized spacial score (nSPS) is 15.9. The number of phenols is 1. The molecule has 1 fully saturated rings. The number of aliphatic carboxylic acids is 3. The number of rotatable bonds is 40. The highest BCUT2D eigenvalue weighted by Crippen LogP contribution is 2.21. The maximum absolute atomic E-state index is 14.2. The zero-order valence-corrected chi connectivity index (χ0v) is 52.0. The van der Waals surface area contributed by atoms with Gasteiger partial charge in [-0.1, -0.05) is 53.7 Å². The second-order valence-electron chi connectivity index (χ2n) is 22.7. The summed E-state index contributed by atoms with van der Waals surface area (Å²) in [7, 11) is 0. The number of carboxylic acids is 3. The molecular weight excluding hydrogens is 1190 g/mol. The molecule has 0 saturated carbocycles. The van der Waals surface area contributed by atoms with Crippen molar-refractivity contribution in [3.05, 3.63) is 29.8 Å². The highest BCUT2D eigenvalue weighted by molar-refractivity contribution is 7.80. The molecule has 1 saturated heterocycles. The van der Waals surface area contributed by atoms with Crippen molar-refractivity contribution in [1.29, 1.82) is 0 Å². The Kier molecular flexibility index (Phi) is 33.5. The van der Waals surface area contributed by atoms with Crippen LogP contribution in [0.15, 0.2) is 29.3 Å². The summed E-state index contributed by atoms with van der Waals surface area (Å²) in [5, 5.41) is 60.5. The van der Waals surface area contributed by atoms with Gasteiger partial charge in [0, 0.05) is 25.3 Å². The molecule has 0 unspecified atom stereocenters. The van der Waals surface area contributed by atoms with Crippen LogP contribution in [-0.4, -0.2) is 201 Å². The van der Waals surface area contributed by atoms with Crippen molar-refractivity contribution in [1.82, 2.24) is 52.8 Å². The number of carbonyl (C=O) groups excluding carboxylic acids is 10. The lowest BCUT2D eigenvalue weighted by molar-refractivity contribution is -0.143. The number of unbranched alkanes of at least 4 members (excludes halogenated alkanes) is 1. The van der Waals surface area contributed by atoms with Gasteiger partial charge in [0.15, 0.2) is 5.96 Å². The van der Waals surface area contributed by atoms with E-state index < -0.39 is 175 Å². The minimum atomic E-state index is -1.73. The Morgan fingerprint density at radius 2 is 1.16 bits per heavy atom. The van der Waals surface area contributed by atoms with E-state index in [1.165, 1.54) is 17.0 Å². The monoisotopic (exact) mass is 1280 g/mol. The second-order valence-corrected chi connectivity index (χ2v) is 23.1. The lowest BCUT2D eigenvalue weighted by atomic mass is 10.00. The number of nitrogens with zero attached hydrogens (tertiary/aromatic N) is 2. The Labute approximate surface area is 521 Å². The molecule has 0 aliphatic carbocycles. The quantitative estimate of drug-likeness (QED) is 0.0129. The average Bonchev–Trinajstić information content (AvgIpc) is 3.09. The van der Waals surface area contributed by atoms with Gasteiger partial charge in [0.25, 0.3) is 0 Å². The summed E-state index contributed by atoms with van der Waals surface area (Å²) >= 11 is 4.18. The molecule has 498 valence electrons. The molecule has 0 radical (unpaired) electrons. The van der Waals surface area contributed by atoms with Gasteiger partial charge in [-0.25, -0.2) is 4.79 Å². The van der Waals surface area contributed by atoms with Gasteiger partial charge < -0.3 is 96.1 Å². The standard InChI is InChI=1S/C56H91N15O17S/c1-28(2)23-37(66-49(81)38(25-43(76)77)67-51(83)40-13-10-22-71(40)54(86)33(58)24-31-14-16-32(72)17-15-31)46(78)62-26-41(73)69-44(29(3)4)52(84)64-34(12-9-21-61-56(59)60)48(80)70-45(30(5)6)53(85)68-39(27-89)50(82)63-35(18-19-42(74)75)47(79)65-36(55(87)88)11-7-8-20-57/h14-17,28-30,33-40,44-45,72,89H,7-13,18-27,57-58H2,1-6H3,(H,62,78)(H,63,82)(H,64,84)(H,65,79)(H,66,81)(H,67,83)(H,68,85)(H,69,73)(H,70,80)(H,74,75)(H,76,77)(H,87,88)(H4,59,60,61)/t33-,34-,35-,36-,37-,38-,39-,40-,44-,45-/m0/s1. The van der Waals surface area contributed by atoms with Crippen LogP contribution in [0.2, 0.25) is 0 Å². The van der Waals surface area contributed by atoms with E-state index in [4.69, 9.17) is 22.9 Å². The summed E-state index contributed by atoms with van der Waals surface area (Å²) in [4.78, 5) is 178. The zero-order valence-electron chi connectivity index (χ0n) is 51.1. The van der Waals surface area contributed by atoms with Crippen LogP contribution in [0.25, 0.3) is 0 Å². The molecule has 1 heterocycles. The zero-order chi connectivity index (χ0) is 67.2. The maximum Gasteiger partial charge on any atom is 0.326 e. The second kappa shape index (κ2) is 38.8. The van der Waals surface area contributed by atoms with Crippen LogP contribution < -0.4 is 70.8 Å². The van der Waals surface area contributed by atoms with Crippen molar-refractivity contribution in [3.63, 3.8) is 0 Å². The first-order valence-electron chi connectivity index (χ1n) is 29.4. The molecule has 1 aromatic rings. The Hall–Kier alpha value is -8.33. The number of phenolic OH excluding ortho intramolecular Hbond substituents is 1. The first-order chi connectivity index (χ1) is 41.8. The molecule has 10 atom stereocenters. The van der Waals surface area contributed by atoms with Gasteiger partial charge in [0.05, 0.1) is 19.0 Å². The molecular formula is C56H91N15O17S. The number of thiol groups is 1. The van der Waals surface area contributed by atoms with Crippen LogP contribution in [0.1, 0.15) is 118 Å². The Morgan fingerprint density at radius 1 is 0.629 bits per heavy atom. The number of benzene rings is 1. The van der Waals surface area contributed by atoms with Crippen LogP contribution >= 0.6 is 12.6 Å². The van der Waals surface area contributed by atoms with E-state index in [1.54, 1.807) is 53.7 Å². The third-order valence-corrected chi connectivity index (χ3v) is 14.4. The largest absolute Gasteiger partial charge is 0.508 e. The fraction of sp³-hybridized carbons (Fsp3) is 0.643. The Balaban J connectivity index is 2.25. The maximum atomic E-state index is 14.2. The highest BCUT2D eigenvalue weighted by atomic mass is 32.1. The number of aromatic hydroxyl groups is 1. The molecule has 1 aliphatic heterocycles. The molecule has 0 bridgehead atoms. The SMILES string of the molecule is CC(C)C[C@H](NC(=O)[C@H](CC(=O)O)NC(=O)[C@@H]1CCCN1C(=O)[C@@H](N)Cc1ccc(O)cc1)C(=O)NCC(=O)N[C@H](C(=O)N[C@@H](CCCN=C(N)N)C(=O)N[C@H](C(=O)N[C@@H](CS)C(=O)N[C@@H](CCC(=O)O)C(=O)N[C@@H](CCCCN)C(=O)O)C(C)C)C(C)C. The lowest BCUT2D eigenvalue weighted by Crippen LogP contribution is -2.61. The van der Waals surface area contributed by atoms with Crippen LogP contribution in [0.4, 0.5) is 0 Å². The van der Waals surface area contributed by atoms with Crippen LogP contribution in [0.3, 0.4) is 0 Å². The summed E-state index contributed by atoms with van der Waals surface area (Å²) in [5.74, 6) is -15.4. The molecule has 0 spiro atoms. The van der Waals surface area contributed by atoms with Crippen molar-refractivity contribution in [2.75, 3.05) is 31.9 Å². The number of nitrogens with two attached hydrogens (primary N) is 4. The van der Waals surface area contributed by atoms with Gasteiger partial charge in [-0.15, -0.1) is 0 Å². The first kappa shape index (κ1) is 76.8. The number of nitrogens with one attached hydrogen (secondary N) is 9. The number of carboxylic acid groups (broad SMARTS) is 3. The average molecular weight is 1280 g/mol. The predicted molar refractivity (Wildman–Crippen MR) is 326 cm³/mol. The highest BCUT2D eigenvalue weighted by Gasteiger charge is 2.40. The molecule has 32 nitrogen and oxygen atoms in total. The van der Waals surface area contributed by atoms with Gasteiger partial charge in [-0.05, 0) is 106 Å². The van der Waals surface area contributed by atoms with Gasteiger partial charge in [0.2, 0.25) is 59.1 Å². The fourth-order valence-corrected chi connectivity index (χ4v) is 9.53. The summed E-state index contributed by atoms with van der Waals surface area (Å²) in [6.07, 6.45) is -0.619. The molecule has 1 aliphatic rings. The van der Waals surface area contributed by atoms with E-state index in [2.05, 4.69) is 65.5 Å². The Morgan fingerprint density at radius 3 is 1.71 bits per heavy atom. The smallest absolute Gasteiger partial charge is 0.326 e. The van der Waals surface area contributed by atoms with E-state index in [0.717, 1.165) is 0 Å². The molecule has 33 heteroatoms. The van der Waals surface area contributed by atoms with Crippen LogP contribution in [0, 0.1) is 17.8 Å². The van der Waals surface area contributed by atoms with Crippen molar-refractivity contribution >= 4 is 95.6 Å². The van der Waals surface area contributed by atoms with Gasteiger partial charge in [-0.2, -0.15) is 12.6 Å². The summed E-state index contributed by atoms with van der Waals surface area (Å²) in [5.41, 5.74) is 23.4. The summed E-state index contributed by atoms with van der Waals surface area (Å²) in [6.45, 7) is 9.34. The molecule has 89 heavy (non-hydrogen) atoms. The number of hydrogen-bond donors (Lipinski definition) is 18. The Bertz CT molecular complexity index is 2640. The third-order valence-electron chi connectivity index (χ3n) is 14.1. The number of amides is 10. The van der Waals surface area contributed by atoms with Gasteiger partial charge >= 0.3 is 17.9 Å². The summed E-state index contributed by atoms with van der Waals surface area (Å²) in [6, 6.07) is -7.91. The van der Waals surface area contributed by atoms with E-state index in [-0.39, 0.29) is 81.5 Å². The van der Waals surface area contributed by atoms with E-state index in [1.807, 2.05) is 0 Å². The number of likely N-dealkylation sites (tertiary alicyclic amines) is 1. The molecule has 1 aromatic carbocycles. The van der Waals surface area contributed by atoms with E-state index in [9.17, 15) is 82.8 Å². The summed E-state index contributed by atoms with van der Waals surface area (Å²) < 4.78 is 0. The van der Waals surface area contributed by atoms with E-state index in [0.29, 0.717) is 24.8 Å². The van der Waals surface area contributed by atoms with Crippen molar-refractivity contribution in [2.24, 2.45) is 45.7 Å². The number of hydrogen-bond acceptors (Lipinski definition) is 18. The van der Waals surface area contributed by atoms with Crippen molar-refractivity contribution in [3.8, 4) is 5.75 Å². The topological polar surface area (TPSA) is 531 Å². The third kappa shape index (κ3) is 27.7. The fourth-order valence-electron chi connectivity index (χ4n) is 9.28. The molecule has 2 rings (SSSR count). The van der Waals surface area contributed by atoms with Crippen LogP contribution in [0.5, 0.6) is 5.75 Å².